The summed E-state index contributed by atoms with van der Waals surface area (Å²) in [5, 5.41) is 3.37. The zero-order valence-electron chi connectivity index (χ0n) is 20.2. The van der Waals surface area contributed by atoms with Crippen molar-refractivity contribution in [1.29, 1.82) is 0 Å². The SMILES string of the molecule is CC(C)C.CC/C=C(/NCC(=O)N1CCc2ccccc21)c1c[nH]c2ncc(C3CC3)nc12. The summed E-state index contributed by atoms with van der Waals surface area (Å²) in [6.45, 7) is 9.59. The second-order valence-corrected chi connectivity index (χ2v) is 9.50. The average molecular weight is 446 g/mol. The van der Waals surface area contributed by atoms with Gasteiger partial charge in [0, 0.05) is 35.6 Å². The number of nitrogens with one attached hydrogen (secondary N) is 2. The number of aromatic nitrogens is 3. The molecule has 33 heavy (non-hydrogen) atoms. The number of amides is 1. The van der Waals surface area contributed by atoms with Gasteiger partial charge in [0.25, 0.3) is 0 Å². The molecule has 1 aliphatic carbocycles. The van der Waals surface area contributed by atoms with Gasteiger partial charge in [-0.1, -0.05) is 52.0 Å². The Labute approximate surface area is 196 Å². The Kier molecular flexibility index (Phi) is 7.11. The summed E-state index contributed by atoms with van der Waals surface area (Å²) >= 11 is 0. The average Bonchev–Trinajstić information content (AvgIpc) is 3.42. The van der Waals surface area contributed by atoms with Crippen molar-refractivity contribution in [2.45, 2.75) is 59.3 Å². The molecule has 6 nitrogen and oxygen atoms in total. The molecule has 6 heteroatoms. The minimum atomic E-state index is 0.0848. The molecule has 3 heterocycles. The lowest BCUT2D eigenvalue weighted by Gasteiger charge is -2.19. The van der Waals surface area contributed by atoms with E-state index in [0.29, 0.717) is 5.92 Å². The van der Waals surface area contributed by atoms with Gasteiger partial charge in [0.15, 0.2) is 5.65 Å². The third-order valence-electron chi connectivity index (χ3n) is 5.71. The maximum absolute atomic E-state index is 12.9. The first-order chi connectivity index (χ1) is 16.0. The van der Waals surface area contributed by atoms with Crippen molar-refractivity contribution >= 4 is 28.5 Å². The number of rotatable bonds is 6. The standard InChI is InChI=1S/C23H25N5O.C4H10/c1-2-5-18(17-12-25-23-22(17)27-19(13-26-23)15-8-9-15)24-14-21(29)28-11-10-16-6-3-4-7-20(16)28;1-4(2)3/h3-7,12-13,15,24H,2,8-11,14H2,1H3,(H,25,26);4H,1-3H3/b18-5+;. The predicted molar refractivity (Wildman–Crippen MR) is 135 cm³/mol. The summed E-state index contributed by atoms with van der Waals surface area (Å²) in [7, 11) is 0. The Bertz CT molecular complexity index is 1140. The summed E-state index contributed by atoms with van der Waals surface area (Å²) in [4.78, 5) is 27.4. The van der Waals surface area contributed by atoms with Crippen LogP contribution >= 0.6 is 0 Å². The van der Waals surface area contributed by atoms with Crippen molar-refractivity contribution in [3.63, 3.8) is 0 Å². The van der Waals surface area contributed by atoms with Gasteiger partial charge in [-0.15, -0.1) is 0 Å². The van der Waals surface area contributed by atoms with Crippen LogP contribution in [0.1, 0.15) is 69.7 Å². The zero-order valence-corrected chi connectivity index (χ0v) is 20.2. The summed E-state index contributed by atoms with van der Waals surface area (Å²) in [5.74, 6) is 1.47. The van der Waals surface area contributed by atoms with E-state index >= 15 is 0 Å². The summed E-state index contributed by atoms with van der Waals surface area (Å²) in [6, 6.07) is 8.14. The predicted octanol–water partition coefficient (Wildman–Crippen LogP) is 5.43. The first-order valence-electron chi connectivity index (χ1n) is 12.1. The first-order valence-corrected chi connectivity index (χ1v) is 12.1. The van der Waals surface area contributed by atoms with Gasteiger partial charge in [-0.2, -0.15) is 0 Å². The molecule has 2 aromatic heterocycles. The normalized spacial score (nSPS) is 15.4. The van der Waals surface area contributed by atoms with Crippen LogP contribution in [-0.2, 0) is 11.2 Å². The lowest BCUT2D eigenvalue weighted by Crippen LogP contribution is -2.36. The van der Waals surface area contributed by atoms with Crippen LogP contribution in [0, 0.1) is 5.92 Å². The molecule has 2 aliphatic rings. The van der Waals surface area contributed by atoms with Crippen molar-refractivity contribution in [3.8, 4) is 0 Å². The van der Waals surface area contributed by atoms with Gasteiger partial charge in [0.2, 0.25) is 5.91 Å². The molecular weight excluding hydrogens is 410 g/mol. The number of nitrogens with zero attached hydrogens (tertiary/aromatic N) is 3. The van der Waals surface area contributed by atoms with Crippen LogP contribution in [0.25, 0.3) is 16.9 Å². The summed E-state index contributed by atoms with van der Waals surface area (Å²) in [5.41, 5.74) is 6.91. The van der Waals surface area contributed by atoms with Crippen LogP contribution in [0.4, 0.5) is 5.69 Å². The number of carbonyl (C=O) groups is 1. The topological polar surface area (TPSA) is 73.9 Å². The minimum Gasteiger partial charge on any atom is -0.376 e. The Morgan fingerprint density at radius 2 is 2.03 bits per heavy atom. The zero-order chi connectivity index (χ0) is 23.4. The van der Waals surface area contributed by atoms with Crippen molar-refractivity contribution in [2.24, 2.45) is 5.92 Å². The van der Waals surface area contributed by atoms with Crippen molar-refractivity contribution in [1.82, 2.24) is 20.3 Å². The van der Waals surface area contributed by atoms with E-state index in [9.17, 15) is 4.79 Å². The smallest absolute Gasteiger partial charge is 0.246 e. The maximum Gasteiger partial charge on any atom is 0.246 e. The van der Waals surface area contributed by atoms with Crippen LogP contribution in [0.2, 0.25) is 0 Å². The lowest BCUT2D eigenvalue weighted by atomic mass is 10.1. The maximum atomic E-state index is 12.9. The molecule has 1 aromatic carbocycles. The molecule has 0 spiro atoms. The van der Waals surface area contributed by atoms with Gasteiger partial charge >= 0.3 is 0 Å². The Balaban J connectivity index is 0.000000601. The number of para-hydroxylation sites is 1. The summed E-state index contributed by atoms with van der Waals surface area (Å²) in [6.07, 6.45) is 10.1. The van der Waals surface area contributed by atoms with E-state index in [-0.39, 0.29) is 12.5 Å². The van der Waals surface area contributed by atoms with Crippen LogP contribution in [0.3, 0.4) is 0 Å². The summed E-state index contributed by atoms with van der Waals surface area (Å²) < 4.78 is 0. The molecule has 5 rings (SSSR count). The third-order valence-corrected chi connectivity index (χ3v) is 5.71. The fourth-order valence-corrected chi connectivity index (χ4v) is 4.03. The molecule has 174 valence electrons. The third kappa shape index (κ3) is 5.44. The van der Waals surface area contributed by atoms with E-state index in [1.165, 1.54) is 18.4 Å². The molecule has 0 saturated heterocycles. The number of aromatic amines is 1. The van der Waals surface area contributed by atoms with Crippen molar-refractivity contribution in [2.75, 3.05) is 18.0 Å². The van der Waals surface area contributed by atoms with Crippen molar-refractivity contribution in [3.05, 3.63) is 59.6 Å². The lowest BCUT2D eigenvalue weighted by molar-refractivity contribution is -0.117. The number of fused-ring (bicyclic) bond motifs is 2. The Hall–Kier alpha value is -3.15. The van der Waals surface area contributed by atoms with Gasteiger partial charge in [0.1, 0.15) is 5.52 Å². The van der Waals surface area contributed by atoms with Crippen LogP contribution < -0.4 is 10.2 Å². The highest BCUT2D eigenvalue weighted by Gasteiger charge is 2.27. The first kappa shape index (κ1) is 23.0. The number of carbonyl (C=O) groups excluding carboxylic acids is 1. The molecule has 3 aromatic rings. The number of anilines is 1. The van der Waals surface area contributed by atoms with E-state index in [1.54, 1.807) is 0 Å². The van der Waals surface area contributed by atoms with Gasteiger partial charge in [-0.3, -0.25) is 4.79 Å². The quantitative estimate of drug-likeness (QED) is 0.531. The Morgan fingerprint density at radius 3 is 2.76 bits per heavy atom. The highest BCUT2D eigenvalue weighted by molar-refractivity contribution is 5.98. The van der Waals surface area contributed by atoms with E-state index in [4.69, 9.17) is 4.98 Å². The highest BCUT2D eigenvalue weighted by Crippen LogP contribution is 2.39. The molecule has 1 fully saturated rings. The van der Waals surface area contributed by atoms with E-state index in [2.05, 4.69) is 55.1 Å². The fraction of sp³-hybridized carbons (Fsp3) is 0.444. The fourth-order valence-electron chi connectivity index (χ4n) is 4.03. The van der Waals surface area contributed by atoms with E-state index in [0.717, 1.165) is 59.1 Å². The van der Waals surface area contributed by atoms with Crippen LogP contribution in [0.5, 0.6) is 0 Å². The molecule has 0 radical (unpaired) electrons. The molecule has 0 bridgehead atoms. The molecule has 1 saturated carbocycles. The largest absolute Gasteiger partial charge is 0.376 e. The molecule has 2 N–H and O–H groups in total. The van der Waals surface area contributed by atoms with E-state index < -0.39 is 0 Å². The van der Waals surface area contributed by atoms with Gasteiger partial charge in [-0.25, -0.2) is 9.97 Å². The number of hydrogen-bond acceptors (Lipinski definition) is 4. The van der Waals surface area contributed by atoms with Crippen molar-refractivity contribution < 1.29 is 4.79 Å². The molecular formula is C27H35N5O. The number of H-pyrrole nitrogens is 1. The second kappa shape index (κ2) is 10.2. The van der Waals surface area contributed by atoms with Gasteiger partial charge in [-0.05, 0) is 43.2 Å². The molecule has 1 amide bonds. The number of benzene rings is 1. The van der Waals surface area contributed by atoms with Gasteiger partial charge in [0.05, 0.1) is 18.4 Å². The molecule has 1 aliphatic heterocycles. The molecule has 0 unspecified atom stereocenters. The minimum absolute atomic E-state index is 0.0848. The van der Waals surface area contributed by atoms with Gasteiger partial charge < -0.3 is 15.2 Å². The Morgan fingerprint density at radius 1 is 1.27 bits per heavy atom. The van der Waals surface area contributed by atoms with E-state index in [1.807, 2.05) is 35.5 Å². The molecule has 0 atom stereocenters. The van der Waals surface area contributed by atoms with Crippen LogP contribution in [0.15, 0.2) is 42.7 Å². The highest BCUT2D eigenvalue weighted by atomic mass is 16.2. The number of hydrogen-bond donors (Lipinski definition) is 2. The van der Waals surface area contributed by atoms with Crippen LogP contribution in [-0.4, -0.2) is 33.9 Å². The monoisotopic (exact) mass is 445 g/mol. The second-order valence-electron chi connectivity index (χ2n) is 9.50. The number of allylic oxidation sites excluding steroid dienone is 1.